The summed E-state index contributed by atoms with van der Waals surface area (Å²) in [7, 11) is 0. The maximum Gasteiger partial charge on any atom is 0.453 e. The van der Waals surface area contributed by atoms with Crippen LogP contribution in [0.1, 0.15) is 28.1 Å². The Hall–Kier alpha value is -2.64. The molecule has 0 saturated carbocycles. The van der Waals surface area contributed by atoms with Crippen molar-refractivity contribution in [3.8, 4) is 0 Å². The molecular weight excluding hydrogens is 331 g/mol. The molecule has 0 bridgehead atoms. The largest absolute Gasteiger partial charge is 0.453 e. The van der Waals surface area contributed by atoms with Crippen LogP contribution in [0.5, 0.6) is 0 Å². The number of aryl methyl sites for hydroxylation is 1. The number of hydrogen-bond acceptors (Lipinski definition) is 4. The normalized spacial score (nSPS) is 14.9. The molecule has 1 N–H and O–H groups in total. The lowest BCUT2D eigenvalue weighted by molar-refractivity contribution is -0.146. The molecule has 0 aliphatic heterocycles. The van der Waals surface area contributed by atoms with Crippen molar-refractivity contribution < 1.29 is 13.2 Å². The highest BCUT2D eigenvalue weighted by Gasteiger charge is 2.38. The van der Waals surface area contributed by atoms with Crippen LogP contribution >= 0.6 is 0 Å². The summed E-state index contributed by atoms with van der Waals surface area (Å²) >= 11 is 0. The van der Waals surface area contributed by atoms with Crippen LogP contribution < -0.4 is 5.32 Å². The minimum atomic E-state index is -4.60. The van der Waals surface area contributed by atoms with Gasteiger partial charge in [-0.1, -0.05) is 24.3 Å². The first-order valence-corrected chi connectivity index (χ1v) is 7.97. The average molecular weight is 347 g/mol. The van der Waals surface area contributed by atoms with Gasteiger partial charge in [-0.2, -0.15) is 17.7 Å². The first kappa shape index (κ1) is 15.9. The SMILES string of the molecule is Cc1c(NC2Cc3ccccc3C2)nn2c(C(F)(F)F)nnc2c1C. The maximum atomic E-state index is 13.1. The molecule has 0 saturated heterocycles. The third-order valence-corrected chi connectivity index (χ3v) is 4.74. The zero-order chi connectivity index (χ0) is 17.8. The van der Waals surface area contributed by atoms with Crippen molar-refractivity contribution in [1.29, 1.82) is 0 Å². The molecule has 1 aromatic carbocycles. The summed E-state index contributed by atoms with van der Waals surface area (Å²) in [6.07, 6.45) is -2.96. The summed E-state index contributed by atoms with van der Waals surface area (Å²) in [6, 6.07) is 8.24. The van der Waals surface area contributed by atoms with E-state index in [0.717, 1.165) is 22.9 Å². The zero-order valence-electron chi connectivity index (χ0n) is 13.7. The Bertz CT molecular complexity index is 936. The summed E-state index contributed by atoms with van der Waals surface area (Å²) in [4.78, 5) is 0. The van der Waals surface area contributed by atoms with E-state index in [4.69, 9.17) is 0 Å². The van der Waals surface area contributed by atoms with Crippen LogP contribution in [0.3, 0.4) is 0 Å². The first-order chi connectivity index (χ1) is 11.8. The molecule has 8 heteroatoms. The molecule has 1 aliphatic carbocycles. The molecule has 3 aromatic rings. The Kier molecular flexibility index (Phi) is 3.45. The van der Waals surface area contributed by atoms with Crippen molar-refractivity contribution >= 4 is 11.5 Å². The minimum absolute atomic E-state index is 0.103. The van der Waals surface area contributed by atoms with Crippen LogP contribution in [-0.4, -0.2) is 25.9 Å². The van der Waals surface area contributed by atoms with Gasteiger partial charge in [-0.15, -0.1) is 15.3 Å². The summed E-state index contributed by atoms with van der Waals surface area (Å²) in [5.41, 5.74) is 4.07. The second-order valence-corrected chi connectivity index (χ2v) is 6.37. The van der Waals surface area contributed by atoms with Gasteiger partial charge >= 0.3 is 6.18 Å². The molecular formula is C17H16F3N5. The number of anilines is 1. The van der Waals surface area contributed by atoms with Gasteiger partial charge in [-0.05, 0) is 43.4 Å². The molecule has 1 aliphatic rings. The van der Waals surface area contributed by atoms with Gasteiger partial charge in [-0.25, -0.2) is 0 Å². The lowest BCUT2D eigenvalue weighted by atomic mass is 10.1. The van der Waals surface area contributed by atoms with Crippen molar-refractivity contribution in [1.82, 2.24) is 19.8 Å². The Labute approximate surface area is 141 Å². The standard InChI is InChI=1S/C17H16F3N5/c1-9-10(2)15-22-23-16(17(18,19)20)25(15)24-14(9)21-13-7-11-5-3-4-6-12(11)8-13/h3-6,13H,7-8H2,1-2H3,(H,21,24). The topological polar surface area (TPSA) is 55.1 Å². The summed E-state index contributed by atoms with van der Waals surface area (Å²) in [5.74, 6) is -0.670. The first-order valence-electron chi connectivity index (χ1n) is 7.97. The number of hydrogen-bond donors (Lipinski definition) is 1. The fourth-order valence-corrected chi connectivity index (χ4v) is 3.30. The van der Waals surface area contributed by atoms with E-state index in [9.17, 15) is 13.2 Å². The molecule has 2 aromatic heterocycles. The number of alkyl halides is 3. The van der Waals surface area contributed by atoms with Gasteiger partial charge in [0, 0.05) is 11.6 Å². The number of aromatic nitrogens is 4. The molecule has 0 fully saturated rings. The second kappa shape index (κ2) is 5.44. The van der Waals surface area contributed by atoms with Gasteiger partial charge in [0.15, 0.2) is 11.5 Å². The van der Waals surface area contributed by atoms with Crippen molar-refractivity contribution in [2.24, 2.45) is 0 Å². The molecule has 130 valence electrons. The van der Waals surface area contributed by atoms with Gasteiger partial charge in [0.2, 0.25) is 0 Å². The highest BCUT2D eigenvalue weighted by atomic mass is 19.4. The van der Waals surface area contributed by atoms with E-state index in [-0.39, 0.29) is 11.7 Å². The van der Waals surface area contributed by atoms with Gasteiger partial charge < -0.3 is 5.32 Å². The van der Waals surface area contributed by atoms with Crippen LogP contribution in [0.15, 0.2) is 24.3 Å². The van der Waals surface area contributed by atoms with E-state index < -0.39 is 12.0 Å². The number of nitrogens with zero attached hydrogens (tertiary/aromatic N) is 4. The third kappa shape index (κ3) is 2.61. The van der Waals surface area contributed by atoms with Crippen molar-refractivity contribution in [2.75, 3.05) is 5.32 Å². The Morgan fingerprint density at radius 2 is 1.68 bits per heavy atom. The number of benzene rings is 1. The Balaban J connectivity index is 1.72. The van der Waals surface area contributed by atoms with E-state index in [0.29, 0.717) is 11.4 Å². The fourth-order valence-electron chi connectivity index (χ4n) is 3.30. The van der Waals surface area contributed by atoms with Crippen LogP contribution in [-0.2, 0) is 19.0 Å². The van der Waals surface area contributed by atoms with Gasteiger partial charge in [-0.3, -0.25) is 0 Å². The molecule has 0 radical (unpaired) electrons. The summed E-state index contributed by atoms with van der Waals surface area (Å²) < 4.78 is 40.1. The van der Waals surface area contributed by atoms with E-state index in [2.05, 4.69) is 32.7 Å². The molecule has 25 heavy (non-hydrogen) atoms. The predicted molar refractivity (Wildman–Crippen MR) is 86.5 cm³/mol. The summed E-state index contributed by atoms with van der Waals surface area (Å²) in [5, 5.41) is 14.4. The fraction of sp³-hybridized carbons (Fsp3) is 0.353. The van der Waals surface area contributed by atoms with Crippen molar-refractivity contribution in [2.45, 2.75) is 38.9 Å². The van der Waals surface area contributed by atoms with Crippen molar-refractivity contribution in [3.05, 3.63) is 52.3 Å². The molecule has 0 atom stereocenters. The van der Waals surface area contributed by atoms with E-state index in [1.165, 1.54) is 11.1 Å². The van der Waals surface area contributed by atoms with Crippen LogP contribution in [0.2, 0.25) is 0 Å². The van der Waals surface area contributed by atoms with Crippen LogP contribution in [0.25, 0.3) is 5.65 Å². The third-order valence-electron chi connectivity index (χ3n) is 4.74. The highest BCUT2D eigenvalue weighted by Crippen LogP contribution is 2.31. The molecule has 2 heterocycles. The summed E-state index contributed by atoms with van der Waals surface area (Å²) in [6.45, 7) is 3.56. The van der Waals surface area contributed by atoms with E-state index in [1.54, 1.807) is 6.92 Å². The maximum absolute atomic E-state index is 13.1. The smallest absolute Gasteiger partial charge is 0.365 e. The zero-order valence-corrected chi connectivity index (χ0v) is 13.7. The lowest BCUT2D eigenvalue weighted by Gasteiger charge is -2.16. The molecule has 0 unspecified atom stereocenters. The molecule has 5 nitrogen and oxygen atoms in total. The average Bonchev–Trinajstić information content (AvgIpc) is 3.15. The number of fused-ring (bicyclic) bond motifs is 2. The monoisotopic (exact) mass is 347 g/mol. The Morgan fingerprint density at radius 3 is 2.28 bits per heavy atom. The van der Waals surface area contributed by atoms with Crippen LogP contribution in [0.4, 0.5) is 19.0 Å². The van der Waals surface area contributed by atoms with Gasteiger partial charge in [0.25, 0.3) is 5.82 Å². The van der Waals surface area contributed by atoms with E-state index in [1.807, 2.05) is 19.1 Å². The minimum Gasteiger partial charge on any atom is -0.365 e. The molecule has 4 rings (SSSR count). The highest BCUT2D eigenvalue weighted by molar-refractivity contribution is 5.59. The van der Waals surface area contributed by atoms with Gasteiger partial charge in [0.05, 0.1) is 0 Å². The van der Waals surface area contributed by atoms with E-state index >= 15 is 0 Å². The second-order valence-electron chi connectivity index (χ2n) is 6.37. The molecule has 0 spiro atoms. The number of halogens is 3. The predicted octanol–water partition coefficient (Wildman–Crippen LogP) is 3.34. The van der Waals surface area contributed by atoms with Gasteiger partial charge in [0.1, 0.15) is 0 Å². The quantitative estimate of drug-likeness (QED) is 0.772. The van der Waals surface area contributed by atoms with Crippen molar-refractivity contribution in [3.63, 3.8) is 0 Å². The molecule has 0 amide bonds. The lowest BCUT2D eigenvalue weighted by Crippen LogP contribution is -2.23. The number of rotatable bonds is 2. The number of nitrogens with one attached hydrogen (secondary N) is 1. The van der Waals surface area contributed by atoms with Crippen LogP contribution in [0, 0.1) is 13.8 Å². The Morgan fingerprint density at radius 1 is 1.04 bits per heavy atom.